The minimum Gasteiger partial charge on any atom is -0.497 e. The van der Waals surface area contributed by atoms with Crippen LogP contribution in [0.15, 0.2) is 60.7 Å². The number of methoxy groups -OCH3 is 1. The number of benzene rings is 2. The lowest BCUT2D eigenvalue weighted by Gasteiger charge is -2.13. The Morgan fingerprint density at radius 3 is 1.96 bits per heavy atom. The third-order valence-electron chi connectivity index (χ3n) is 3.92. The molecule has 0 radical (unpaired) electrons. The maximum Gasteiger partial charge on any atom is 0.338 e. The highest BCUT2D eigenvalue weighted by molar-refractivity contribution is 6.28. The number of imide groups is 1. The van der Waals surface area contributed by atoms with E-state index in [2.05, 4.69) is 0 Å². The van der Waals surface area contributed by atoms with Gasteiger partial charge in [-0.05, 0) is 48.5 Å². The highest BCUT2D eigenvalue weighted by atomic mass is 16.5. The van der Waals surface area contributed by atoms with Crippen LogP contribution in [-0.2, 0) is 14.3 Å². The van der Waals surface area contributed by atoms with Crippen LogP contribution < -0.4 is 9.64 Å². The monoisotopic (exact) mass is 365 g/mol. The Kier molecular flexibility index (Phi) is 5.12. The molecule has 1 heterocycles. The quantitative estimate of drug-likeness (QED) is 0.443. The molecular weight excluding hydrogens is 350 g/mol. The topological polar surface area (TPSA) is 90.0 Å². The standard InChI is InChI=1S/C20H15NO6/c1-26-16-8-4-13(5-9-16)17(22)12-27-20(25)14-2-6-15(7-3-14)21-18(23)10-11-19(21)24/h2-11H,12H2,1H3. The Labute approximate surface area is 154 Å². The first-order valence-corrected chi connectivity index (χ1v) is 8.00. The van der Waals surface area contributed by atoms with Crippen LogP contribution in [0.4, 0.5) is 5.69 Å². The highest BCUT2D eigenvalue weighted by Gasteiger charge is 2.25. The van der Waals surface area contributed by atoms with Crippen molar-refractivity contribution in [1.29, 1.82) is 0 Å². The van der Waals surface area contributed by atoms with Crippen LogP contribution in [0, 0.1) is 0 Å². The van der Waals surface area contributed by atoms with Crippen LogP contribution in [-0.4, -0.2) is 37.3 Å². The molecule has 2 aromatic rings. The summed E-state index contributed by atoms with van der Waals surface area (Å²) in [6.07, 6.45) is 2.35. The molecule has 0 saturated carbocycles. The molecule has 2 aromatic carbocycles. The van der Waals surface area contributed by atoms with Gasteiger partial charge in [-0.1, -0.05) is 0 Å². The maximum atomic E-state index is 12.1. The molecule has 3 rings (SSSR count). The average Bonchev–Trinajstić information content (AvgIpc) is 3.04. The van der Waals surface area contributed by atoms with E-state index in [0.717, 1.165) is 4.90 Å². The van der Waals surface area contributed by atoms with E-state index in [4.69, 9.17) is 9.47 Å². The number of hydrogen-bond donors (Lipinski definition) is 0. The van der Waals surface area contributed by atoms with E-state index < -0.39 is 24.4 Å². The van der Waals surface area contributed by atoms with Crippen molar-refractivity contribution in [2.24, 2.45) is 0 Å². The Morgan fingerprint density at radius 1 is 0.852 bits per heavy atom. The largest absolute Gasteiger partial charge is 0.497 e. The first-order valence-electron chi connectivity index (χ1n) is 8.00. The highest BCUT2D eigenvalue weighted by Crippen LogP contribution is 2.20. The summed E-state index contributed by atoms with van der Waals surface area (Å²) in [4.78, 5) is 48.4. The Balaban J connectivity index is 1.60. The van der Waals surface area contributed by atoms with E-state index in [1.807, 2.05) is 0 Å². The molecule has 1 aliphatic rings. The first kappa shape index (κ1) is 18.1. The van der Waals surface area contributed by atoms with Crippen LogP contribution >= 0.6 is 0 Å². The third-order valence-corrected chi connectivity index (χ3v) is 3.92. The summed E-state index contributed by atoms with van der Waals surface area (Å²) in [6.45, 7) is -0.403. The van der Waals surface area contributed by atoms with Crippen molar-refractivity contribution < 1.29 is 28.7 Å². The van der Waals surface area contributed by atoms with Gasteiger partial charge in [0.1, 0.15) is 5.75 Å². The van der Waals surface area contributed by atoms with E-state index in [1.54, 1.807) is 24.3 Å². The molecule has 0 aliphatic carbocycles. The lowest BCUT2D eigenvalue weighted by molar-refractivity contribution is -0.119. The SMILES string of the molecule is COc1ccc(C(=O)COC(=O)c2ccc(N3C(=O)C=CC3=O)cc2)cc1. The Hall–Kier alpha value is -3.74. The second-order valence-electron chi connectivity index (χ2n) is 5.62. The third kappa shape index (κ3) is 3.92. The maximum absolute atomic E-state index is 12.1. The van der Waals surface area contributed by atoms with Crippen LogP contribution in [0.1, 0.15) is 20.7 Å². The van der Waals surface area contributed by atoms with Gasteiger partial charge in [0.05, 0.1) is 18.4 Å². The molecule has 0 aromatic heterocycles. The van der Waals surface area contributed by atoms with E-state index in [9.17, 15) is 19.2 Å². The number of carbonyl (C=O) groups excluding carboxylic acids is 4. The van der Waals surface area contributed by atoms with E-state index >= 15 is 0 Å². The summed E-state index contributed by atoms with van der Waals surface area (Å²) in [5.41, 5.74) is 0.951. The number of nitrogens with zero attached hydrogens (tertiary/aromatic N) is 1. The van der Waals surface area contributed by atoms with E-state index in [-0.39, 0.29) is 11.3 Å². The van der Waals surface area contributed by atoms with Crippen LogP contribution in [0.5, 0.6) is 5.75 Å². The van der Waals surface area contributed by atoms with Gasteiger partial charge in [-0.25, -0.2) is 9.69 Å². The van der Waals surface area contributed by atoms with Crippen LogP contribution in [0.25, 0.3) is 0 Å². The summed E-state index contributed by atoms with van der Waals surface area (Å²) in [7, 11) is 1.52. The van der Waals surface area contributed by atoms with E-state index in [0.29, 0.717) is 17.0 Å². The lowest BCUT2D eigenvalue weighted by atomic mass is 10.1. The van der Waals surface area contributed by atoms with Gasteiger partial charge in [-0.3, -0.25) is 14.4 Å². The number of rotatable bonds is 6. The molecule has 7 nitrogen and oxygen atoms in total. The van der Waals surface area contributed by atoms with Gasteiger partial charge in [0.25, 0.3) is 11.8 Å². The molecule has 0 bridgehead atoms. The molecule has 0 atom stereocenters. The molecule has 2 amide bonds. The fourth-order valence-electron chi connectivity index (χ4n) is 2.48. The van der Waals surface area contributed by atoms with Crippen LogP contribution in [0.2, 0.25) is 0 Å². The number of anilines is 1. The van der Waals surface area contributed by atoms with Gasteiger partial charge in [0.15, 0.2) is 12.4 Å². The Morgan fingerprint density at radius 2 is 1.41 bits per heavy atom. The number of esters is 1. The summed E-state index contributed by atoms with van der Waals surface area (Å²) >= 11 is 0. The predicted molar refractivity (Wildman–Crippen MR) is 95.7 cm³/mol. The fourth-order valence-corrected chi connectivity index (χ4v) is 2.48. The zero-order valence-electron chi connectivity index (χ0n) is 14.4. The lowest BCUT2D eigenvalue weighted by Crippen LogP contribution is -2.29. The summed E-state index contributed by atoms with van der Waals surface area (Å²) in [5, 5.41) is 0. The number of hydrogen-bond acceptors (Lipinski definition) is 6. The minimum absolute atomic E-state index is 0.202. The van der Waals surface area contributed by atoms with Gasteiger partial charge in [0, 0.05) is 17.7 Å². The van der Waals surface area contributed by atoms with Crippen molar-refractivity contribution >= 4 is 29.3 Å². The molecule has 0 saturated heterocycles. The van der Waals surface area contributed by atoms with Gasteiger partial charge < -0.3 is 9.47 Å². The first-order chi connectivity index (χ1) is 13.0. The Bertz CT molecular complexity index is 910. The molecule has 0 spiro atoms. The molecule has 136 valence electrons. The van der Waals surface area contributed by atoms with Gasteiger partial charge in [0.2, 0.25) is 0 Å². The number of ether oxygens (including phenoxy) is 2. The van der Waals surface area contributed by atoms with Crippen molar-refractivity contribution in [2.75, 3.05) is 18.6 Å². The second kappa shape index (κ2) is 7.65. The van der Waals surface area contributed by atoms with Crippen LogP contribution in [0.3, 0.4) is 0 Å². The van der Waals surface area contributed by atoms with Crippen molar-refractivity contribution in [2.45, 2.75) is 0 Å². The number of ketones is 1. The van der Waals surface area contributed by atoms with Crippen molar-refractivity contribution in [3.63, 3.8) is 0 Å². The zero-order chi connectivity index (χ0) is 19.4. The van der Waals surface area contributed by atoms with Gasteiger partial charge in [-0.15, -0.1) is 0 Å². The predicted octanol–water partition coefficient (Wildman–Crippen LogP) is 2.16. The summed E-state index contributed by atoms with van der Waals surface area (Å²) < 4.78 is 10.0. The van der Waals surface area contributed by atoms with E-state index in [1.165, 1.54) is 43.5 Å². The zero-order valence-corrected chi connectivity index (χ0v) is 14.4. The van der Waals surface area contributed by atoms with Gasteiger partial charge >= 0.3 is 5.97 Å². The molecule has 27 heavy (non-hydrogen) atoms. The number of Topliss-reactive ketones (excluding diaryl/α,β-unsaturated/α-hetero) is 1. The smallest absolute Gasteiger partial charge is 0.338 e. The molecule has 0 N–H and O–H groups in total. The van der Waals surface area contributed by atoms with Crippen molar-refractivity contribution in [3.05, 3.63) is 71.8 Å². The molecular formula is C20H15NO6. The molecule has 7 heteroatoms. The van der Waals surface area contributed by atoms with Crippen molar-refractivity contribution in [1.82, 2.24) is 0 Å². The summed E-state index contributed by atoms with van der Waals surface area (Å²) in [6, 6.07) is 12.2. The number of amides is 2. The average molecular weight is 365 g/mol. The molecule has 0 fully saturated rings. The molecule has 0 unspecified atom stereocenters. The normalized spacial score (nSPS) is 13.0. The minimum atomic E-state index is -0.680. The summed E-state index contributed by atoms with van der Waals surface area (Å²) in [5.74, 6) is -1.29. The molecule has 1 aliphatic heterocycles. The second-order valence-corrected chi connectivity index (χ2v) is 5.62. The van der Waals surface area contributed by atoms with Gasteiger partial charge in [-0.2, -0.15) is 0 Å². The fraction of sp³-hybridized carbons (Fsp3) is 0.100. The van der Waals surface area contributed by atoms with Crippen molar-refractivity contribution in [3.8, 4) is 5.75 Å². The number of carbonyl (C=O) groups is 4.